The molecular formula is C13H14N4. The van der Waals surface area contributed by atoms with Gasteiger partial charge in [0.25, 0.3) is 0 Å². The van der Waals surface area contributed by atoms with Gasteiger partial charge in [0.05, 0.1) is 0 Å². The van der Waals surface area contributed by atoms with E-state index < -0.39 is 0 Å². The predicted molar refractivity (Wildman–Crippen MR) is 66.3 cm³/mol. The van der Waals surface area contributed by atoms with Gasteiger partial charge in [-0.2, -0.15) is 5.10 Å². The molecule has 3 rings (SSSR count). The van der Waals surface area contributed by atoms with Gasteiger partial charge in [0, 0.05) is 17.5 Å². The maximum absolute atomic E-state index is 5.83. The molecule has 1 aliphatic rings. The van der Waals surface area contributed by atoms with Crippen LogP contribution in [0.15, 0.2) is 42.5 Å². The topological polar surface area (TPSA) is 67.6 Å². The van der Waals surface area contributed by atoms with Crippen molar-refractivity contribution in [1.82, 2.24) is 15.2 Å². The summed E-state index contributed by atoms with van der Waals surface area (Å²) in [4.78, 5) is 4.52. The number of hydrogen-bond donors (Lipinski definition) is 2. The number of nitrogens with one attached hydrogen (secondary N) is 1. The Bertz CT molecular complexity index is 529. The highest BCUT2D eigenvalue weighted by Crippen LogP contribution is 2.26. The molecule has 4 nitrogen and oxygen atoms in total. The van der Waals surface area contributed by atoms with Crippen LogP contribution >= 0.6 is 0 Å². The molecule has 3 N–H and O–H groups in total. The van der Waals surface area contributed by atoms with Gasteiger partial charge in [-0.15, -0.1) is 0 Å². The number of H-pyrrole nitrogens is 1. The molecule has 0 radical (unpaired) electrons. The van der Waals surface area contributed by atoms with Crippen molar-refractivity contribution in [1.29, 1.82) is 0 Å². The fourth-order valence-corrected chi connectivity index (χ4v) is 2.09. The maximum Gasteiger partial charge on any atom is 0.181 e. The van der Waals surface area contributed by atoms with E-state index >= 15 is 0 Å². The molecule has 0 fully saturated rings. The standard InChI is InChI=1S/C13H14N4/c14-11-7-6-10(8-11)13-15-12(16-17-13)9-4-2-1-3-5-9/h1-7,10-11H,8,14H2,(H,15,16,17). The van der Waals surface area contributed by atoms with Crippen LogP contribution in [0.4, 0.5) is 0 Å². The van der Waals surface area contributed by atoms with E-state index in [1.807, 2.05) is 36.4 Å². The Kier molecular flexibility index (Phi) is 2.49. The molecule has 17 heavy (non-hydrogen) atoms. The molecule has 2 atom stereocenters. The van der Waals surface area contributed by atoms with E-state index in [0.29, 0.717) is 0 Å². The number of rotatable bonds is 2. The molecule has 1 aromatic carbocycles. The summed E-state index contributed by atoms with van der Waals surface area (Å²) in [6.45, 7) is 0. The first-order valence-electron chi connectivity index (χ1n) is 5.74. The molecule has 0 saturated carbocycles. The Labute approximate surface area is 99.6 Å². The molecular weight excluding hydrogens is 212 g/mol. The molecule has 1 aliphatic carbocycles. The molecule has 0 saturated heterocycles. The lowest BCUT2D eigenvalue weighted by molar-refractivity contribution is 0.679. The first-order valence-corrected chi connectivity index (χ1v) is 5.74. The van der Waals surface area contributed by atoms with Crippen molar-refractivity contribution < 1.29 is 0 Å². The molecule has 0 aliphatic heterocycles. The Balaban J connectivity index is 1.86. The molecule has 2 unspecified atom stereocenters. The van der Waals surface area contributed by atoms with Crippen molar-refractivity contribution in [3.05, 3.63) is 48.3 Å². The molecule has 86 valence electrons. The normalized spacial score (nSPS) is 23.1. The van der Waals surface area contributed by atoms with Crippen molar-refractivity contribution in [2.75, 3.05) is 0 Å². The first-order chi connectivity index (χ1) is 8.33. The summed E-state index contributed by atoms with van der Waals surface area (Å²) in [7, 11) is 0. The van der Waals surface area contributed by atoms with Gasteiger partial charge in [0.1, 0.15) is 5.82 Å². The zero-order valence-corrected chi connectivity index (χ0v) is 9.38. The van der Waals surface area contributed by atoms with E-state index in [9.17, 15) is 0 Å². The smallest absolute Gasteiger partial charge is 0.181 e. The third-order valence-electron chi connectivity index (χ3n) is 3.00. The Morgan fingerprint density at radius 1 is 1.18 bits per heavy atom. The summed E-state index contributed by atoms with van der Waals surface area (Å²) in [6, 6.07) is 10.1. The van der Waals surface area contributed by atoms with Gasteiger partial charge in [0.15, 0.2) is 5.82 Å². The van der Waals surface area contributed by atoms with E-state index in [1.54, 1.807) is 0 Å². The second-order valence-electron chi connectivity index (χ2n) is 4.30. The number of nitrogens with zero attached hydrogens (tertiary/aromatic N) is 2. The van der Waals surface area contributed by atoms with E-state index in [2.05, 4.69) is 21.3 Å². The number of aromatic nitrogens is 3. The average Bonchev–Trinajstić information content (AvgIpc) is 2.98. The lowest BCUT2D eigenvalue weighted by Crippen LogP contribution is -2.14. The van der Waals surface area contributed by atoms with Crippen molar-refractivity contribution in [3.63, 3.8) is 0 Å². The van der Waals surface area contributed by atoms with E-state index in [4.69, 9.17) is 5.73 Å². The zero-order chi connectivity index (χ0) is 11.7. The monoisotopic (exact) mass is 226 g/mol. The third-order valence-corrected chi connectivity index (χ3v) is 3.00. The van der Waals surface area contributed by atoms with Crippen LogP contribution in [-0.2, 0) is 0 Å². The largest absolute Gasteiger partial charge is 0.324 e. The summed E-state index contributed by atoms with van der Waals surface area (Å²) >= 11 is 0. The Morgan fingerprint density at radius 2 is 2.00 bits per heavy atom. The van der Waals surface area contributed by atoms with Crippen LogP contribution in [0.5, 0.6) is 0 Å². The van der Waals surface area contributed by atoms with Gasteiger partial charge < -0.3 is 5.73 Å². The molecule has 0 amide bonds. The number of aromatic amines is 1. The van der Waals surface area contributed by atoms with Crippen LogP contribution < -0.4 is 5.73 Å². The minimum absolute atomic E-state index is 0.144. The average molecular weight is 226 g/mol. The van der Waals surface area contributed by atoms with Crippen LogP contribution in [0, 0.1) is 0 Å². The second-order valence-corrected chi connectivity index (χ2v) is 4.30. The van der Waals surface area contributed by atoms with Crippen molar-refractivity contribution in [3.8, 4) is 11.4 Å². The van der Waals surface area contributed by atoms with Crippen molar-refractivity contribution in [2.45, 2.75) is 18.4 Å². The number of allylic oxidation sites excluding steroid dienone is 1. The highest BCUT2D eigenvalue weighted by Gasteiger charge is 2.20. The molecule has 0 bridgehead atoms. The molecule has 2 aromatic rings. The maximum atomic E-state index is 5.83. The minimum atomic E-state index is 0.144. The van der Waals surface area contributed by atoms with E-state index in [1.165, 1.54) is 0 Å². The molecule has 0 spiro atoms. The summed E-state index contributed by atoms with van der Waals surface area (Å²) in [5.41, 5.74) is 6.86. The van der Waals surface area contributed by atoms with E-state index in [0.717, 1.165) is 23.6 Å². The van der Waals surface area contributed by atoms with Crippen molar-refractivity contribution in [2.24, 2.45) is 5.73 Å². The van der Waals surface area contributed by atoms with Crippen molar-refractivity contribution >= 4 is 0 Å². The van der Waals surface area contributed by atoms with Gasteiger partial charge >= 0.3 is 0 Å². The van der Waals surface area contributed by atoms with Gasteiger partial charge in [0.2, 0.25) is 0 Å². The fourth-order valence-electron chi connectivity index (χ4n) is 2.09. The summed E-state index contributed by atoms with van der Waals surface area (Å²) in [5.74, 6) is 1.91. The van der Waals surface area contributed by atoms with Crippen LogP contribution in [0.25, 0.3) is 11.4 Å². The molecule has 1 heterocycles. The summed E-state index contributed by atoms with van der Waals surface area (Å²) < 4.78 is 0. The van der Waals surface area contributed by atoms with Gasteiger partial charge in [-0.1, -0.05) is 42.5 Å². The van der Waals surface area contributed by atoms with E-state index in [-0.39, 0.29) is 12.0 Å². The summed E-state index contributed by atoms with van der Waals surface area (Å²) in [6.07, 6.45) is 5.03. The quantitative estimate of drug-likeness (QED) is 0.768. The highest BCUT2D eigenvalue weighted by molar-refractivity contribution is 5.54. The van der Waals surface area contributed by atoms with Crippen LogP contribution in [0.1, 0.15) is 18.2 Å². The lowest BCUT2D eigenvalue weighted by Gasteiger charge is -2.03. The number of benzene rings is 1. The van der Waals surface area contributed by atoms with Gasteiger partial charge in [-0.25, -0.2) is 4.98 Å². The first kappa shape index (κ1) is 10.2. The minimum Gasteiger partial charge on any atom is -0.324 e. The van der Waals surface area contributed by atoms with Crippen LogP contribution in [0.3, 0.4) is 0 Å². The third kappa shape index (κ3) is 1.99. The number of nitrogens with two attached hydrogens (primary N) is 1. The Morgan fingerprint density at radius 3 is 2.71 bits per heavy atom. The molecule has 1 aromatic heterocycles. The SMILES string of the molecule is NC1C=CC(c2nc(-c3ccccc3)n[nH]2)C1. The second kappa shape index (κ2) is 4.14. The van der Waals surface area contributed by atoms with Crippen LogP contribution in [-0.4, -0.2) is 21.2 Å². The fraction of sp³-hybridized carbons (Fsp3) is 0.231. The van der Waals surface area contributed by atoms with Crippen LogP contribution in [0.2, 0.25) is 0 Å². The molecule has 4 heteroatoms. The highest BCUT2D eigenvalue weighted by atomic mass is 15.2. The van der Waals surface area contributed by atoms with Gasteiger partial charge in [-0.05, 0) is 6.42 Å². The number of hydrogen-bond acceptors (Lipinski definition) is 3. The Hall–Kier alpha value is -1.94. The zero-order valence-electron chi connectivity index (χ0n) is 9.38. The predicted octanol–water partition coefficient (Wildman–Crippen LogP) is 1.84. The lowest BCUT2D eigenvalue weighted by atomic mass is 10.1. The summed E-state index contributed by atoms with van der Waals surface area (Å²) in [5, 5.41) is 7.24. The van der Waals surface area contributed by atoms with Gasteiger partial charge in [-0.3, -0.25) is 5.10 Å².